The van der Waals surface area contributed by atoms with Crippen LogP contribution >= 0.6 is 7.82 Å². The Balaban J connectivity index is 1.82. The van der Waals surface area contributed by atoms with E-state index >= 15 is 0 Å². The summed E-state index contributed by atoms with van der Waals surface area (Å²) in [5.41, 5.74) is 5.82. The molecule has 3 atom stereocenters. The molecule has 23 heavy (non-hydrogen) atoms. The zero-order valence-corrected chi connectivity index (χ0v) is 12.4. The maximum absolute atomic E-state index is 13.3. The van der Waals surface area contributed by atoms with E-state index in [9.17, 15) is 14.1 Å². The summed E-state index contributed by atoms with van der Waals surface area (Å²) < 4.78 is 35.2. The van der Waals surface area contributed by atoms with Crippen LogP contribution in [-0.4, -0.2) is 53.2 Å². The largest absolute Gasteiger partial charge is 0.469 e. The molecule has 1 aliphatic heterocycles. The first-order valence-corrected chi connectivity index (χ1v) is 7.97. The van der Waals surface area contributed by atoms with Gasteiger partial charge in [-0.05, 0) is 0 Å². The summed E-state index contributed by atoms with van der Waals surface area (Å²) in [7, 11) is -4.67. The minimum atomic E-state index is -4.67. The monoisotopic (exact) mass is 349 g/mol. The topological polar surface area (TPSA) is 166 Å². The number of phosphoric ester groups is 1. The summed E-state index contributed by atoms with van der Waals surface area (Å²) in [6, 6.07) is 0. The molecule has 3 rings (SSSR count). The molecule has 3 heterocycles. The Morgan fingerprint density at radius 3 is 2.96 bits per heavy atom. The number of nitrogen functional groups attached to an aromatic ring is 1. The summed E-state index contributed by atoms with van der Waals surface area (Å²) in [6.45, 7) is -0.500. The van der Waals surface area contributed by atoms with Crippen LogP contribution in [0.4, 0.5) is 10.2 Å². The fourth-order valence-electron chi connectivity index (χ4n) is 2.33. The Kier molecular flexibility index (Phi) is 4.04. The minimum Gasteiger partial charge on any atom is -0.390 e. The van der Waals surface area contributed by atoms with Crippen LogP contribution in [0.15, 0.2) is 6.33 Å². The first-order valence-electron chi connectivity index (χ1n) is 6.44. The second kappa shape index (κ2) is 5.74. The summed E-state index contributed by atoms with van der Waals surface area (Å²) in [5, 5.41) is 9.91. The SMILES string of the molecule is Nc1nc(F)nc2c1ncn2[C@H]1C[C@@H](O)[C@@H](COP(=O)(O)O)O1. The van der Waals surface area contributed by atoms with Gasteiger partial charge < -0.3 is 25.4 Å². The van der Waals surface area contributed by atoms with E-state index in [0.29, 0.717) is 0 Å². The van der Waals surface area contributed by atoms with Gasteiger partial charge in [-0.15, -0.1) is 0 Å². The van der Waals surface area contributed by atoms with Crippen LogP contribution in [0.25, 0.3) is 11.2 Å². The lowest BCUT2D eigenvalue weighted by molar-refractivity contribution is -0.0424. The Morgan fingerprint density at radius 1 is 1.52 bits per heavy atom. The van der Waals surface area contributed by atoms with Gasteiger partial charge in [0.1, 0.15) is 12.3 Å². The van der Waals surface area contributed by atoms with Gasteiger partial charge in [-0.1, -0.05) is 0 Å². The van der Waals surface area contributed by atoms with Gasteiger partial charge in [0.25, 0.3) is 0 Å². The number of nitrogens with zero attached hydrogens (tertiary/aromatic N) is 4. The van der Waals surface area contributed by atoms with Gasteiger partial charge in [0.2, 0.25) is 0 Å². The van der Waals surface area contributed by atoms with Crippen LogP contribution in [0.5, 0.6) is 0 Å². The number of ether oxygens (including phenoxy) is 1. The lowest BCUT2D eigenvalue weighted by Crippen LogP contribution is -2.25. The number of phosphoric acid groups is 1. The number of halogens is 1. The number of aliphatic hydroxyl groups excluding tert-OH is 1. The van der Waals surface area contributed by atoms with Crippen molar-refractivity contribution in [1.29, 1.82) is 0 Å². The van der Waals surface area contributed by atoms with Crippen molar-refractivity contribution >= 4 is 24.8 Å². The fourth-order valence-corrected chi connectivity index (χ4v) is 2.67. The molecule has 126 valence electrons. The average molecular weight is 349 g/mol. The Labute approximate surface area is 128 Å². The molecule has 0 spiro atoms. The molecule has 5 N–H and O–H groups in total. The number of rotatable bonds is 4. The first kappa shape index (κ1) is 16.2. The molecule has 0 aliphatic carbocycles. The lowest BCUT2D eigenvalue weighted by Gasteiger charge is -2.16. The lowest BCUT2D eigenvalue weighted by atomic mass is 10.2. The second-order valence-corrected chi connectivity index (χ2v) is 6.16. The van der Waals surface area contributed by atoms with E-state index in [0.717, 1.165) is 0 Å². The van der Waals surface area contributed by atoms with E-state index in [-0.39, 0.29) is 23.4 Å². The van der Waals surface area contributed by atoms with Gasteiger partial charge in [-0.25, -0.2) is 9.55 Å². The number of aromatic nitrogens is 4. The Bertz CT molecular complexity index is 780. The number of nitrogens with two attached hydrogens (primary N) is 1. The van der Waals surface area contributed by atoms with Crippen molar-refractivity contribution in [3.05, 3.63) is 12.4 Å². The predicted molar refractivity (Wildman–Crippen MR) is 72.2 cm³/mol. The zero-order chi connectivity index (χ0) is 16.8. The van der Waals surface area contributed by atoms with E-state index in [1.54, 1.807) is 0 Å². The second-order valence-electron chi connectivity index (χ2n) is 4.92. The molecule has 0 radical (unpaired) electrons. The van der Waals surface area contributed by atoms with E-state index in [4.69, 9.17) is 20.3 Å². The van der Waals surface area contributed by atoms with Crippen LogP contribution in [0, 0.1) is 6.08 Å². The molecule has 0 saturated carbocycles. The van der Waals surface area contributed by atoms with Crippen molar-refractivity contribution in [1.82, 2.24) is 19.5 Å². The standard InChI is InChI=1S/C10H13FN5O6P/c11-10-14-8(12)7-9(15-10)16(3-13-7)6-1-4(17)5(22-6)2-21-23(18,19)20/h3-6,17H,1-2H2,(H2,12,14,15)(H2,18,19,20)/t4-,5-,6-/m1/s1. The number of anilines is 1. The molecule has 2 aromatic heterocycles. The zero-order valence-electron chi connectivity index (χ0n) is 11.5. The fraction of sp³-hybridized carbons (Fsp3) is 0.500. The van der Waals surface area contributed by atoms with Crippen LogP contribution in [0.2, 0.25) is 0 Å². The van der Waals surface area contributed by atoms with Crippen LogP contribution in [0.3, 0.4) is 0 Å². The molecule has 11 nitrogen and oxygen atoms in total. The molecule has 0 aromatic carbocycles. The number of fused-ring (bicyclic) bond motifs is 1. The summed E-state index contributed by atoms with van der Waals surface area (Å²) >= 11 is 0. The predicted octanol–water partition coefficient (Wildman–Crippen LogP) is -0.695. The highest BCUT2D eigenvalue weighted by Gasteiger charge is 2.37. The highest BCUT2D eigenvalue weighted by Crippen LogP contribution is 2.38. The van der Waals surface area contributed by atoms with Crippen molar-refractivity contribution < 1.29 is 33.1 Å². The summed E-state index contributed by atoms with van der Waals surface area (Å²) in [6.07, 6.45) is -2.42. The molecule has 2 aromatic rings. The van der Waals surface area contributed by atoms with E-state index in [2.05, 4.69) is 19.5 Å². The normalized spacial score (nSPS) is 25.3. The van der Waals surface area contributed by atoms with Crippen LogP contribution < -0.4 is 5.73 Å². The summed E-state index contributed by atoms with van der Waals surface area (Å²) in [4.78, 5) is 28.3. The van der Waals surface area contributed by atoms with Crippen LogP contribution in [-0.2, 0) is 13.8 Å². The highest BCUT2D eigenvalue weighted by molar-refractivity contribution is 7.46. The molecule has 0 amide bonds. The minimum absolute atomic E-state index is 0.0756. The van der Waals surface area contributed by atoms with E-state index < -0.39 is 38.9 Å². The maximum Gasteiger partial charge on any atom is 0.469 e. The average Bonchev–Trinajstić information content (AvgIpc) is 2.99. The van der Waals surface area contributed by atoms with E-state index in [1.165, 1.54) is 10.9 Å². The molecule has 0 bridgehead atoms. The third kappa shape index (κ3) is 3.32. The van der Waals surface area contributed by atoms with Crippen molar-refractivity contribution in [3.8, 4) is 0 Å². The Morgan fingerprint density at radius 2 is 2.26 bits per heavy atom. The smallest absolute Gasteiger partial charge is 0.390 e. The van der Waals surface area contributed by atoms with Gasteiger partial charge in [-0.3, -0.25) is 9.09 Å². The quantitative estimate of drug-likeness (QED) is 0.409. The number of aliphatic hydroxyl groups is 1. The molecular weight excluding hydrogens is 336 g/mol. The van der Waals surface area contributed by atoms with Crippen molar-refractivity contribution in [2.24, 2.45) is 0 Å². The molecule has 1 fully saturated rings. The number of hydrogen-bond donors (Lipinski definition) is 4. The molecule has 0 unspecified atom stereocenters. The molecule has 13 heteroatoms. The van der Waals surface area contributed by atoms with Gasteiger partial charge in [0.15, 0.2) is 17.0 Å². The number of hydrogen-bond acceptors (Lipinski definition) is 8. The van der Waals surface area contributed by atoms with Gasteiger partial charge in [-0.2, -0.15) is 14.4 Å². The Hall–Kier alpha value is -1.69. The third-order valence-corrected chi connectivity index (χ3v) is 3.83. The number of imidazole rings is 1. The van der Waals surface area contributed by atoms with Gasteiger partial charge in [0, 0.05) is 6.42 Å². The molecule has 1 aliphatic rings. The van der Waals surface area contributed by atoms with Gasteiger partial charge in [0.05, 0.1) is 19.0 Å². The molecule has 1 saturated heterocycles. The van der Waals surface area contributed by atoms with Crippen molar-refractivity contribution in [3.63, 3.8) is 0 Å². The maximum atomic E-state index is 13.3. The highest BCUT2D eigenvalue weighted by atomic mass is 31.2. The van der Waals surface area contributed by atoms with Crippen LogP contribution in [0.1, 0.15) is 12.6 Å². The van der Waals surface area contributed by atoms with Crippen molar-refractivity contribution in [2.45, 2.75) is 24.9 Å². The van der Waals surface area contributed by atoms with Gasteiger partial charge >= 0.3 is 13.9 Å². The van der Waals surface area contributed by atoms with E-state index in [1.807, 2.05) is 0 Å². The first-order chi connectivity index (χ1) is 10.7. The van der Waals surface area contributed by atoms with Crippen molar-refractivity contribution in [2.75, 3.05) is 12.3 Å². The third-order valence-electron chi connectivity index (χ3n) is 3.34. The summed E-state index contributed by atoms with van der Waals surface area (Å²) in [5.74, 6) is -0.133. The molecular formula is C10H13FN5O6P.